The molecule has 1 N–H and O–H groups in total. The lowest BCUT2D eigenvalue weighted by atomic mass is 9.85. The van der Waals surface area contributed by atoms with Crippen LogP contribution in [0.2, 0.25) is 0 Å². The molecule has 1 aliphatic carbocycles. The lowest BCUT2D eigenvalue weighted by molar-refractivity contribution is -0.0327. The van der Waals surface area contributed by atoms with E-state index in [0.29, 0.717) is 11.1 Å². The molecule has 0 amide bonds. The van der Waals surface area contributed by atoms with Crippen molar-refractivity contribution in [2.45, 2.75) is 62.4 Å². The van der Waals surface area contributed by atoms with E-state index < -0.39 is 5.51 Å². The molecule has 1 aromatic rings. The highest BCUT2D eigenvalue weighted by Gasteiger charge is 2.31. The Kier molecular flexibility index (Phi) is 5.12. The minimum Gasteiger partial charge on any atom is -0.381 e. The van der Waals surface area contributed by atoms with Crippen LogP contribution in [0.15, 0.2) is 29.2 Å². The molecule has 2 rings (SSSR count). The summed E-state index contributed by atoms with van der Waals surface area (Å²) in [6.45, 7) is 4.53. The summed E-state index contributed by atoms with van der Waals surface area (Å²) in [4.78, 5) is 0.258. The summed E-state index contributed by atoms with van der Waals surface area (Å²) in [5.41, 5.74) is -3.30. The van der Waals surface area contributed by atoms with Gasteiger partial charge in [-0.15, -0.1) is 0 Å². The monoisotopic (exact) mass is 317 g/mol. The summed E-state index contributed by atoms with van der Waals surface area (Å²) in [5.74, 6) is 0. The van der Waals surface area contributed by atoms with Crippen LogP contribution >= 0.6 is 11.8 Å². The molecule has 1 nitrogen and oxygen atoms in total. The molecular formula is C16H22F3NS. The Morgan fingerprint density at radius 1 is 1.14 bits per heavy atom. The van der Waals surface area contributed by atoms with Crippen LogP contribution in [0.5, 0.6) is 0 Å². The van der Waals surface area contributed by atoms with Crippen molar-refractivity contribution in [3.63, 3.8) is 0 Å². The minimum absolute atomic E-state index is 0.0416. The van der Waals surface area contributed by atoms with Gasteiger partial charge in [0.2, 0.25) is 0 Å². The van der Waals surface area contributed by atoms with Gasteiger partial charge in [-0.05, 0) is 55.0 Å². The highest BCUT2D eigenvalue weighted by molar-refractivity contribution is 8.00. The second-order valence-electron chi connectivity index (χ2n) is 6.48. The van der Waals surface area contributed by atoms with Crippen molar-refractivity contribution in [2.75, 3.05) is 5.32 Å². The number of hydrogen-bond donors (Lipinski definition) is 1. The summed E-state index contributed by atoms with van der Waals surface area (Å²) >= 11 is -0.0416. The van der Waals surface area contributed by atoms with E-state index in [-0.39, 0.29) is 22.7 Å². The number of para-hydroxylation sites is 1. The average Bonchev–Trinajstić information content (AvgIpc) is 2.52. The zero-order valence-electron chi connectivity index (χ0n) is 12.5. The van der Waals surface area contributed by atoms with Crippen LogP contribution in [0.3, 0.4) is 0 Å². The molecule has 0 aliphatic heterocycles. The van der Waals surface area contributed by atoms with E-state index in [1.165, 1.54) is 12.5 Å². The third-order valence-corrected chi connectivity index (χ3v) is 4.86. The summed E-state index contributed by atoms with van der Waals surface area (Å²) in [5, 5.41) is 3.33. The van der Waals surface area contributed by atoms with Gasteiger partial charge in [-0.1, -0.05) is 32.4 Å². The molecule has 1 fully saturated rings. The van der Waals surface area contributed by atoms with Gasteiger partial charge in [0.1, 0.15) is 0 Å². The molecular weight excluding hydrogens is 295 g/mol. The first-order valence-electron chi connectivity index (χ1n) is 7.36. The Balaban J connectivity index is 2.06. The van der Waals surface area contributed by atoms with Crippen molar-refractivity contribution >= 4 is 17.4 Å². The molecule has 5 heteroatoms. The van der Waals surface area contributed by atoms with Crippen molar-refractivity contribution in [2.24, 2.45) is 5.41 Å². The van der Waals surface area contributed by atoms with Crippen molar-refractivity contribution in [3.8, 4) is 0 Å². The fourth-order valence-electron chi connectivity index (χ4n) is 2.83. The molecule has 1 unspecified atom stereocenters. The second kappa shape index (κ2) is 6.51. The fraction of sp³-hybridized carbons (Fsp3) is 0.625. The first kappa shape index (κ1) is 16.5. The number of halogens is 3. The van der Waals surface area contributed by atoms with Gasteiger partial charge in [0.15, 0.2) is 0 Å². The van der Waals surface area contributed by atoms with Gasteiger partial charge >= 0.3 is 5.51 Å². The number of benzene rings is 1. The fourth-order valence-corrected chi connectivity index (χ4v) is 3.46. The van der Waals surface area contributed by atoms with Crippen LogP contribution in [0.25, 0.3) is 0 Å². The minimum atomic E-state index is -4.25. The first-order valence-corrected chi connectivity index (χ1v) is 8.18. The zero-order valence-corrected chi connectivity index (χ0v) is 13.3. The van der Waals surface area contributed by atoms with Gasteiger partial charge < -0.3 is 5.32 Å². The predicted octanol–water partition coefficient (Wildman–Crippen LogP) is 6.07. The van der Waals surface area contributed by atoms with E-state index in [0.717, 1.165) is 25.7 Å². The molecule has 21 heavy (non-hydrogen) atoms. The van der Waals surface area contributed by atoms with E-state index in [4.69, 9.17) is 0 Å². The summed E-state index contributed by atoms with van der Waals surface area (Å²) in [6.07, 6.45) is 5.45. The van der Waals surface area contributed by atoms with Crippen LogP contribution in [0.4, 0.5) is 18.9 Å². The summed E-state index contributed by atoms with van der Waals surface area (Å²) < 4.78 is 37.8. The molecule has 1 atom stereocenters. The molecule has 0 radical (unpaired) electrons. The normalized spacial score (nSPS) is 22.6. The third kappa shape index (κ3) is 5.46. The van der Waals surface area contributed by atoms with Gasteiger partial charge in [-0.3, -0.25) is 0 Å². The Morgan fingerprint density at radius 3 is 2.57 bits per heavy atom. The predicted molar refractivity (Wildman–Crippen MR) is 82.6 cm³/mol. The SMILES string of the molecule is CC1(C)CCCC(Nc2ccccc2SC(F)(F)F)CC1. The van der Waals surface area contributed by atoms with Gasteiger partial charge in [0.25, 0.3) is 0 Å². The quantitative estimate of drug-likeness (QED) is 0.536. The van der Waals surface area contributed by atoms with E-state index in [1.54, 1.807) is 18.2 Å². The number of nitrogens with one attached hydrogen (secondary N) is 1. The maximum absolute atomic E-state index is 12.6. The van der Waals surface area contributed by atoms with E-state index in [9.17, 15) is 13.2 Å². The molecule has 0 heterocycles. The van der Waals surface area contributed by atoms with Crippen molar-refractivity contribution in [1.29, 1.82) is 0 Å². The Morgan fingerprint density at radius 2 is 1.86 bits per heavy atom. The highest BCUT2D eigenvalue weighted by atomic mass is 32.2. The van der Waals surface area contributed by atoms with Crippen LogP contribution in [-0.4, -0.2) is 11.6 Å². The Bertz CT molecular complexity index is 471. The van der Waals surface area contributed by atoms with Crippen LogP contribution < -0.4 is 5.32 Å². The smallest absolute Gasteiger partial charge is 0.381 e. The number of hydrogen-bond acceptors (Lipinski definition) is 2. The standard InChI is InChI=1S/C16H22F3NS/c1-15(2)10-5-6-12(9-11-15)20-13-7-3-4-8-14(13)21-16(17,18)19/h3-4,7-8,12,20H,5-6,9-11H2,1-2H3. The molecule has 0 saturated heterocycles. The van der Waals surface area contributed by atoms with Gasteiger partial charge in [-0.2, -0.15) is 13.2 Å². The Labute approximate surface area is 128 Å². The summed E-state index contributed by atoms with van der Waals surface area (Å²) in [7, 11) is 0. The van der Waals surface area contributed by atoms with Gasteiger partial charge in [-0.25, -0.2) is 0 Å². The van der Waals surface area contributed by atoms with Crippen LogP contribution in [0, 0.1) is 5.41 Å². The van der Waals surface area contributed by atoms with Crippen LogP contribution in [0.1, 0.15) is 46.0 Å². The van der Waals surface area contributed by atoms with Gasteiger partial charge in [0.05, 0.1) is 0 Å². The Hall–Kier alpha value is -0.840. The molecule has 0 aromatic heterocycles. The number of thioether (sulfide) groups is 1. The molecule has 118 valence electrons. The first-order chi connectivity index (χ1) is 9.75. The van der Waals surface area contributed by atoms with E-state index in [2.05, 4.69) is 19.2 Å². The molecule has 1 saturated carbocycles. The maximum Gasteiger partial charge on any atom is 0.446 e. The van der Waals surface area contributed by atoms with Crippen molar-refractivity contribution in [3.05, 3.63) is 24.3 Å². The van der Waals surface area contributed by atoms with E-state index in [1.807, 2.05) is 0 Å². The lowest BCUT2D eigenvalue weighted by Crippen LogP contribution is -2.19. The van der Waals surface area contributed by atoms with Gasteiger partial charge in [0, 0.05) is 16.6 Å². The van der Waals surface area contributed by atoms with Crippen molar-refractivity contribution in [1.82, 2.24) is 0 Å². The second-order valence-corrected chi connectivity index (χ2v) is 7.59. The topological polar surface area (TPSA) is 12.0 Å². The lowest BCUT2D eigenvalue weighted by Gasteiger charge is -2.23. The highest BCUT2D eigenvalue weighted by Crippen LogP contribution is 2.41. The maximum atomic E-state index is 12.6. The molecule has 0 bridgehead atoms. The molecule has 0 spiro atoms. The summed E-state index contributed by atoms with van der Waals surface area (Å²) in [6, 6.07) is 6.96. The third-order valence-electron chi connectivity index (χ3n) is 4.05. The number of anilines is 1. The van der Waals surface area contributed by atoms with Crippen LogP contribution in [-0.2, 0) is 0 Å². The number of rotatable bonds is 3. The number of alkyl halides is 3. The van der Waals surface area contributed by atoms with E-state index >= 15 is 0 Å². The molecule has 1 aliphatic rings. The zero-order chi connectivity index (χ0) is 15.5. The average molecular weight is 317 g/mol. The largest absolute Gasteiger partial charge is 0.446 e. The van der Waals surface area contributed by atoms with Crippen molar-refractivity contribution < 1.29 is 13.2 Å². The molecule has 1 aromatic carbocycles.